The molecule has 1 N–H and O–H groups in total. The SMILES string of the molecule is C[C@@H](O)CN1C(=O)CS[C@@H]1c1ccccc1F. The van der Waals surface area contributed by atoms with E-state index in [0.717, 1.165) is 0 Å². The van der Waals surface area contributed by atoms with Gasteiger partial charge in [0.1, 0.15) is 11.2 Å². The highest BCUT2D eigenvalue weighted by atomic mass is 32.2. The lowest BCUT2D eigenvalue weighted by molar-refractivity contribution is -0.129. The zero-order valence-electron chi connectivity index (χ0n) is 9.47. The van der Waals surface area contributed by atoms with Crippen LogP contribution in [0.5, 0.6) is 0 Å². The first-order valence-corrected chi connectivity index (χ1v) is 6.48. The highest BCUT2D eigenvalue weighted by Crippen LogP contribution is 2.39. The van der Waals surface area contributed by atoms with E-state index in [0.29, 0.717) is 11.3 Å². The molecule has 1 heterocycles. The molecular formula is C12H14FNO2S. The summed E-state index contributed by atoms with van der Waals surface area (Å²) in [5, 5.41) is 9.05. The van der Waals surface area contributed by atoms with Gasteiger partial charge in [-0.2, -0.15) is 0 Å². The van der Waals surface area contributed by atoms with E-state index >= 15 is 0 Å². The summed E-state index contributed by atoms with van der Waals surface area (Å²) in [7, 11) is 0. The number of carbonyl (C=O) groups is 1. The van der Waals surface area contributed by atoms with Gasteiger partial charge in [0.15, 0.2) is 0 Å². The number of amides is 1. The number of β-amino-alcohol motifs (C(OH)–C–C–N with tert-alkyl or cyclic N) is 1. The third-order valence-corrected chi connectivity index (χ3v) is 3.84. The van der Waals surface area contributed by atoms with Crippen molar-refractivity contribution in [2.75, 3.05) is 12.3 Å². The average molecular weight is 255 g/mol. The molecule has 1 aliphatic rings. The highest BCUT2D eigenvalue weighted by Gasteiger charge is 2.34. The maximum atomic E-state index is 13.7. The van der Waals surface area contributed by atoms with Crippen molar-refractivity contribution in [3.05, 3.63) is 35.6 Å². The Hall–Kier alpha value is -1.07. The van der Waals surface area contributed by atoms with Crippen molar-refractivity contribution in [3.63, 3.8) is 0 Å². The Bertz CT molecular complexity index is 425. The number of carbonyl (C=O) groups excluding carboxylic acids is 1. The van der Waals surface area contributed by atoms with E-state index in [1.165, 1.54) is 22.7 Å². The number of nitrogens with zero attached hydrogens (tertiary/aromatic N) is 1. The van der Waals surface area contributed by atoms with Crippen molar-refractivity contribution in [1.82, 2.24) is 4.90 Å². The molecule has 0 aliphatic carbocycles. The van der Waals surface area contributed by atoms with Gasteiger partial charge in [-0.1, -0.05) is 18.2 Å². The summed E-state index contributed by atoms with van der Waals surface area (Å²) in [5.41, 5.74) is 0.504. The van der Waals surface area contributed by atoms with Crippen LogP contribution in [0.3, 0.4) is 0 Å². The molecule has 1 aromatic carbocycles. The van der Waals surface area contributed by atoms with Crippen molar-refractivity contribution in [2.45, 2.75) is 18.4 Å². The number of aliphatic hydroxyl groups is 1. The van der Waals surface area contributed by atoms with Gasteiger partial charge < -0.3 is 10.0 Å². The maximum absolute atomic E-state index is 13.7. The van der Waals surface area contributed by atoms with Crippen molar-refractivity contribution >= 4 is 17.7 Å². The summed E-state index contributed by atoms with van der Waals surface area (Å²) in [4.78, 5) is 13.2. The molecule has 0 radical (unpaired) electrons. The van der Waals surface area contributed by atoms with Crippen molar-refractivity contribution in [1.29, 1.82) is 0 Å². The molecule has 2 rings (SSSR count). The number of thioether (sulfide) groups is 1. The van der Waals surface area contributed by atoms with E-state index in [2.05, 4.69) is 0 Å². The predicted octanol–water partition coefficient (Wildman–Crippen LogP) is 1.78. The summed E-state index contributed by atoms with van der Waals surface area (Å²) < 4.78 is 13.7. The molecule has 1 amide bonds. The van der Waals surface area contributed by atoms with Gasteiger partial charge in [0.05, 0.1) is 11.9 Å². The van der Waals surface area contributed by atoms with Crippen LogP contribution in [-0.4, -0.2) is 34.3 Å². The fraction of sp³-hybridized carbons (Fsp3) is 0.417. The molecule has 0 unspecified atom stereocenters. The molecule has 1 saturated heterocycles. The van der Waals surface area contributed by atoms with E-state index in [1.54, 1.807) is 25.1 Å². The molecule has 3 nitrogen and oxygen atoms in total. The summed E-state index contributed by atoms with van der Waals surface area (Å²) in [6.45, 7) is 1.86. The normalized spacial score (nSPS) is 21.9. The Kier molecular flexibility index (Phi) is 3.69. The van der Waals surface area contributed by atoms with Gasteiger partial charge in [0, 0.05) is 12.1 Å². The summed E-state index contributed by atoms with van der Waals surface area (Å²) in [6, 6.07) is 6.45. The van der Waals surface area contributed by atoms with Crippen molar-refractivity contribution < 1.29 is 14.3 Å². The number of benzene rings is 1. The van der Waals surface area contributed by atoms with Crippen LogP contribution in [0.15, 0.2) is 24.3 Å². The number of aliphatic hydroxyl groups excluding tert-OH is 1. The number of rotatable bonds is 3. The van der Waals surface area contributed by atoms with Crippen molar-refractivity contribution in [2.24, 2.45) is 0 Å². The number of hydrogen-bond donors (Lipinski definition) is 1. The standard InChI is InChI=1S/C12H14FNO2S/c1-8(15)6-14-11(16)7-17-12(14)9-4-2-3-5-10(9)13/h2-5,8,12,15H,6-7H2,1H3/t8-,12-/m1/s1. The second-order valence-electron chi connectivity index (χ2n) is 4.08. The Morgan fingerprint density at radius 3 is 2.94 bits per heavy atom. The Labute approximate surface area is 104 Å². The van der Waals surface area contributed by atoms with Gasteiger partial charge in [-0.25, -0.2) is 4.39 Å². The average Bonchev–Trinajstić information content (AvgIpc) is 2.61. The second-order valence-corrected chi connectivity index (χ2v) is 5.15. The second kappa shape index (κ2) is 5.06. The van der Waals surface area contributed by atoms with Crippen LogP contribution in [0.1, 0.15) is 17.9 Å². The lowest BCUT2D eigenvalue weighted by Crippen LogP contribution is -2.34. The zero-order chi connectivity index (χ0) is 12.4. The fourth-order valence-electron chi connectivity index (χ4n) is 1.87. The molecule has 1 fully saturated rings. The van der Waals surface area contributed by atoms with Crippen molar-refractivity contribution in [3.8, 4) is 0 Å². The van der Waals surface area contributed by atoms with E-state index in [-0.39, 0.29) is 23.6 Å². The van der Waals surface area contributed by atoms with Gasteiger partial charge in [0.2, 0.25) is 5.91 Å². The minimum Gasteiger partial charge on any atom is -0.392 e. The van der Waals surface area contributed by atoms with Crippen LogP contribution in [0, 0.1) is 5.82 Å². The monoisotopic (exact) mass is 255 g/mol. The third-order valence-electron chi connectivity index (χ3n) is 2.60. The smallest absolute Gasteiger partial charge is 0.233 e. The molecule has 17 heavy (non-hydrogen) atoms. The molecule has 0 aromatic heterocycles. The molecule has 1 aromatic rings. The van der Waals surface area contributed by atoms with E-state index in [9.17, 15) is 14.3 Å². The minimum absolute atomic E-state index is 0.0517. The molecular weight excluding hydrogens is 241 g/mol. The molecule has 2 atom stereocenters. The van der Waals surface area contributed by atoms with Gasteiger partial charge >= 0.3 is 0 Å². The zero-order valence-corrected chi connectivity index (χ0v) is 10.3. The topological polar surface area (TPSA) is 40.5 Å². The minimum atomic E-state index is -0.605. The third kappa shape index (κ3) is 2.61. The van der Waals surface area contributed by atoms with Crippen LogP contribution in [0.4, 0.5) is 4.39 Å². The Balaban J connectivity index is 2.25. The first-order valence-electron chi connectivity index (χ1n) is 5.43. The maximum Gasteiger partial charge on any atom is 0.233 e. The first-order chi connectivity index (χ1) is 8.09. The number of hydrogen-bond acceptors (Lipinski definition) is 3. The summed E-state index contributed by atoms with van der Waals surface area (Å²) >= 11 is 1.39. The van der Waals surface area contributed by atoms with Crippen LogP contribution >= 0.6 is 11.8 Å². The lowest BCUT2D eigenvalue weighted by atomic mass is 10.2. The van der Waals surface area contributed by atoms with Gasteiger partial charge in [-0.15, -0.1) is 11.8 Å². The largest absolute Gasteiger partial charge is 0.392 e. The quantitative estimate of drug-likeness (QED) is 0.895. The van der Waals surface area contributed by atoms with Crippen LogP contribution in [0.2, 0.25) is 0 Å². The molecule has 5 heteroatoms. The van der Waals surface area contributed by atoms with Crippen LogP contribution < -0.4 is 0 Å². The number of halogens is 1. The van der Waals surface area contributed by atoms with E-state index in [1.807, 2.05) is 0 Å². The summed E-state index contributed by atoms with van der Waals surface area (Å²) in [5.74, 6) is -0.0226. The van der Waals surface area contributed by atoms with Crippen LogP contribution in [-0.2, 0) is 4.79 Å². The molecule has 1 aliphatic heterocycles. The lowest BCUT2D eigenvalue weighted by Gasteiger charge is -2.25. The molecule has 0 saturated carbocycles. The van der Waals surface area contributed by atoms with E-state index in [4.69, 9.17) is 0 Å². The summed E-state index contributed by atoms with van der Waals surface area (Å²) in [6.07, 6.45) is -0.605. The van der Waals surface area contributed by atoms with Gasteiger partial charge in [0.25, 0.3) is 0 Å². The van der Waals surface area contributed by atoms with Crippen LogP contribution in [0.25, 0.3) is 0 Å². The molecule has 92 valence electrons. The highest BCUT2D eigenvalue weighted by molar-refractivity contribution is 8.00. The Morgan fingerprint density at radius 1 is 1.59 bits per heavy atom. The Morgan fingerprint density at radius 2 is 2.29 bits per heavy atom. The van der Waals surface area contributed by atoms with Gasteiger partial charge in [-0.05, 0) is 13.0 Å². The molecule has 0 spiro atoms. The predicted molar refractivity (Wildman–Crippen MR) is 65.0 cm³/mol. The van der Waals surface area contributed by atoms with Gasteiger partial charge in [-0.3, -0.25) is 4.79 Å². The molecule has 0 bridgehead atoms. The first kappa shape index (κ1) is 12.4. The van der Waals surface area contributed by atoms with E-state index < -0.39 is 6.10 Å². The fourth-order valence-corrected chi connectivity index (χ4v) is 3.09.